The van der Waals surface area contributed by atoms with Crippen LogP contribution in [-0.4, -0.2) is 7.11 Å². The monoisotopic (exact) mass is 219 g/mol. The summed E-state index contributed by atoms with van der Waals surface area (Å²) in [4.78, 5) is 0. The van der Waals surface area contributed by atoms with Crippen LogP contribution in [0.1, 0.15) is 24.9 Å². The van der Waals surface area contributed by atoms with E-state index in [1.807, 2.05) is 6.92 Å². The second-order valence-electron chi connectivity index (χ2n) is 2.87. The summed E-state index contributed by atoms with van der Waals surface area (Å²) in [7, 11) is 1.51. The van der Waals surface area contributed by atoms with E-state index in [1.54, 1.807) is 12.1 Å². The van der Waals surface area contributed by atoms with Gasteiger partial charge in [0.25, 0.3) is 0 Å². The van der Waals surface area contributed by atoms with Crippen molar-refractivity contribution in [3.05, 3.63) is 29.6 Å². The molecule has 2 N–H and O–H groups in total. The van der Waals surface area contributed by atoms with Crippen molar-refractivity contribution in [2.75, 3.05) is 7.11 Å². The quantitative estimate of drug-likeness (QED) is 0.849. The first-order chi connectivity index (χ1) is 6.20. The fourth-order valence-corrected chi connectivity index (χ4v) is 1.26. The van der Waals surface area contributed by atoms with Crippen LogP contribution in [0, 0.1) is 5.82 Å². The molecule has 2 nitrogen and oxygen atoms in total. The van der Waals surface area contributed by atoms with Gasteiger partial charge in [0.15, 0.2) is 0 Å². The molecule has 0 fully saturated rings. The van der Waals surface area contributed by atoms with Crippen LogP contribution in [-0.2, 0) is 0 Å². The molecule has 0 heterocycles. The number of methoxy groups -OCH3 is 1. The van der Waals surface area contributed by atoms with Crippen molar-refractivity contribution in [3.8, 4) is 5.75 Å². The Labute approximate surface area is 89.7 Å². The van der Waals surface area contributed by atoms with Crippen LogP contribution >= 0.6 is 12.4 Å². The number of rotatable bonds is 3. The zero-order chi connectivity index (χ0) is 9.84. The largest absolute Gasteiger partial charge is 0.496 e. The van der Waals surface area contributed by atoms with Gasteiger partial charge in [0.05, 0.1) is 7.11 Å². The molecular weight excluding hydrogens is 205 g/mol. The van der Waals surface area contributed by atoms with Gasteiger partial charge in [0, 0.05) is 11.6 Å². The highest BCUT2D eigenvalue weighted by Crippen LogP contribution is 2.27. The lowest BCUT2D eigenvalue weighted by molar-refractivity contribution is 0.398. The second kappa shape index (κ2) is 5.83. The Balaban J connectivity index is 0.00000169. The van der Waals surface area contributed by atoms with E-state index in [0.29, 0.717) is 17.7 Å². The van der Waals surface area contributed by atoms with Gasteiger partial charge in [-0.15, -0.1) is 12.4 Å². The minimum Gasteiger partial charge on any atom is -0.496 e. The molecule has 80 valence electrons. The summed E-state index contributed by atoms with van der Waals surface area (Å²) in [6, 6.07) is 4.43. The van der Waals surface area contributed by atoms with Gasteiger partial charge >= 0.3 is 0 Å². The number of benzene rings is 1. The van der Waals surface area contributed by atoms with Crippen molar-refractivity contribution in [2.45, 2.75) is 19.4 Å². The molecule has 0 unspecified atom stereocenters. The summed E-state index contributed by atoms with van der Waals surface area (Å²) in [5.41, 5.74) is 6.22. The molecular formula is C10H15ClFNO. The van der Waals surface area contributed by atoms with Crippen LogP contribution in [0.5, 0.6) is 5.75 Å². The van der Waals surface area contributed by atoms with Crippen molar-refractivity contribution in [1.82, 2.24) is 0 Å². The SMILES string of the molecule is CC[C@@H](N)c1c(F)cccc1OC.Cl. The molecule has 4 heteroatoms. The van der Waals surface area contributed by atoms with Gasteiger partial charge in [-0.2, -0.15) is 0 Å². The molecule has 0 saturated heterocycles. The number of hydrogen-bond acceptors (Lipinski definition) is 2. The molecule has 0 spiro atoms. The lowest BCUT2D eigenvalue weighted by Gasteiger charge is -2.14. The number of hydrogen-bond donors (Lipinski definition) is 1. The van der Waals surface area contributed by atoms with E-state index in [0.717, 1.165) is 0 Å². The molecule has 1 aromatic rings. The number of halogens is 2. The molecule has 0 amide bonds. The first-order valence-electron chi connectivity index (χ1n) is 4.28. The normalized spacial score (nSPS) is 11.7. The summed E-state index contributed by atoms with van der Waals surface area (Å²) in [6.45, 7) is 1.91. The predicted molar refractivity (Wildman–Crippen MR) is 57.4 cm³/mol. The van der Waals surface area contributed by atoms with Gasteiger partial charge in [-0.25, -0.2) is 4.39 Å². The lowest BCUT2D eigenvalue weighted by atomic mass is 10.0. The minimum absolute atomic E-state index is 0. The molecule has 1 atom stereocenters. The van der Waals surface area contributed by atoms with E-state index >= 15 is 0 Å². The van der Waals surface area contributed by atoms with Crippen LogP contribution in [0.15, 0.2) is 18.2 Å². The van der Waals surface area contributed by atoms with E-state index in [9.17, 15) is 4.39 Å². The first kappa shape index (κ1) is 13.2. The average molecular weight is 220 g/mol. The maximum atomic E-state index is 13.3. The van der Waals surface area contributed by atoms with Gasteiger partial charge in [-0.3, -0.25) is 0 Å². The van der Waals surface area contributed by atoms with Gasteiger partial charge in [0.2, 0.25) is 0 Å². The molecule has 0 bridgehead atoms. The fourth-order valence-electron chi connectivity index (χ4n) is 1.26. The van der Waals surface area contributed by atoms with E-state index in [1.165, 1.54) is 13.2 Å². The molecule has 0 aromatic heterocycles. The smallest absolute Gasteiger partial charge is 0.131 e. The Morgan fingerprint density at radius 3 is 2.64 bits per heavy atom. The summed E-state index contributed by atoms with van der Waals surface area (Å²) >= 11 is 0. The van der Waals surface area contributed by atoms with Crippen molar-refractivity contribution in [1.29, 1.82) is 0 Å². The maximum absolute atomic E-state index is 13.3. The highest BCUT2D eigenvalue weighted by Gasteiger charge is 2.14. The third-order valence-corrected chi connectivity index (χ3v) is 2.04. The van der Waals surface area contributed by atoms with Gasteiger partial charge in [0.1, 0.15) is 11.6 Å². The van der Waals surface area contributed by atoms with Crippen molar-refractivity contribution in [3.63, 3.8) is 0 Å². The molecule has 0 aliphatic heterocycles. The third-order valence-electron chi connectivity index (χ3n) is 2.04. The van der Waals surface area contributed by atoms with E-state index in [4.69, 9.17) is 10.5 Å². The number of ether oxygens (including phenoxy) is 1. The van der Waals surface area contributed by atoms with Crippen molar-refractivity contribution in [2.24, 2.45) is 5.73 Å². The van der Waals surface area contributed by atoms with E-state index in [-0.39, 0.29) is 24.3 Å². The summed E-state index contributed by atoms with van der Waals surface area (Å²) in [5.74, 6) is 0.225. The van der Waals surface area contributed by atoms with E-state index < -0.39 is 0 Å². The third kappa shape index (κ3) is 2.59. The van der Waals surface area contributed by atoms with Crippen LogP contribution in [0.2, 0.25) is 0 Å². The highest BCUT2D eigenvalue weighted by molar-refractivity contribution is 5.85. The standard InChI is InChI=1S/C10H14FNO.ClH/c1-3-8(12)10-7(11)5-4-6-9(10)13-2;/h4-6,8H,3,12H2,1-2H3;1H/t8-;/m1./s1. The lowest BCUT2D eigenvalue weighted by Crippen LogP contribution is -2.12. The molecule has 14 heavy (non-hydrogen) atoms. The molecule has 0 saturated carbocycles. The fraction of sp³-hybridized carbons (Fsp3) is 0.400. The van der Waals surface area contributed by atoms with Crippen molar-refractivity contribution >= 4 is 12.4 Å². The van der Waals surface area contributed by atoms with Gasteiger partial charge in [-0.1, -0.05) is 13.0 Å². The summed E-state index contributed by atoms with van der Waals surface area (Å²) in [6.07, 6.45) is 0.692. The van der Waals surface area contributed by atoms with Gasteiger partial charge < -0.3 is 10.5 Å². The average Bonchev–Trinajstić information content (AvgIpc) is 2.16. The molecule has 1 aromatic carbocycles. The predicted octanol–water partition coefficient (Wildman–Crippen LogP) is 2.67. The minimum atomic E-state index is -0.297. The topological polar surface area (TPSA) is 35.2 Å². The zero-order valence-corrected chi connectivity index (χ0v) is 9.10. The maximum Gasteiger partial charge on any atom is 0.131 e. The van der Waals surface area contributed by atoms with Crippen LogP contribution in [0.25, 0.3) is 0 Å². The summed E-state index contributed by atoms with van der Waals surface area (Å²) < 4.78 is 18.3. The molecule has 0 aliphatic rings. The van der Waals surface area contributed by atoms with Crippen LogP contribution in [0.3, 0.4) is 0 Å². The van der Waals surface area contributed by atoms with E-state index in [2.05, 4.69) is 0 Å². The molecule has 0 aliphatic carbocycles. The zero-order valence-electron chi connectivity index (χ0n) is 8.29. The Kier molecular flexibility index (Phi) is 5.50. The Hall–Kier alpha value is -0.800. The molecule has 0 radical (unpaired) electrons. The second-order valence-corrected chi connectivity index (χ2v) is 2.87. The Morgan fingerprint density at radius 2 is 2.14 bits per heavy atom. The Bertz CT molecular complexity index is 293. The first-order valence-corrected chi connectivity index (χ1v) is 4.28. The molecule has 1 rings (SSSR count). The highest BCUT2D eigenvalue weighted by atomic mass is 35.5. The number of nitrogens with two attached hydrogens (primary N) is 1. The van der Waals surface area contributed by atoms with Crippen LogP contribution in [0.4, 0.5) is 4.39 Å². The van der Waals surface area contributed by atoms with Crippen molar-refractivity contribution < 1.29 is 9.13 Å². The van der Waals surface area contributed by atoms with Crippen LogP contribution < -0.4 is 10.5 Å². The van der Waals surface area contributed by atoms with Gasteiger partial charge in [-0.05, 0) is 18.6 Å². The summed E-state index contributed by atoms with van der Waals surface area (Å²) in [5, 5.41) is 0. The Morgan fingerprint density at radius 1 is 1.50 bits per heavy atom.